The molecule has 0 bridgehead atoms. The largest absolute Gasteiger partial charge is 0.331 e. The Bertz CT molecular complexity index is 837. The molecular weight excluding hydrogens is 271 g/mol. The second kappa shape index (κ2) is 4.83. The maximum atomic E-state index is 13.0. The first-order chi connectivity index (χ1) is 10.1. The van der Waals surface area contributed by atoms with Crippen molar-refractivity contribution in [2.45, 2.75) is 6.92 Å². The SMILES string of the molecule is Cc1c(-c2n[nH]nc2C#N)nc(-c2ccc(F)cc2)n1C. The number of nitrogens with zero attached hydrogens (tertiary/aromatic N) is 5. The van der Waals surface area contributed by atoms with Crippen LogP contribution in [0.5, 0.6) is 0 Å². The molecule has 21 heavy (non-hydrogen) atoms. The van der Waals surface area contributed by atoms with Gasteiger partial charge >= 0.3 is 0 Å². The van der Waals surface area contributed by atoms with Gasteiger partial charge in [0, 0.05) is 18.3 Å². The molecule has 0 spiro atoms. The van der Waals surface area contributed by atoms with Gasteiger partial charge in [-0.3, -0.25) is 0 Å². The van der Waals surface area contributed by atoms with Crippen LogP contribution in [0.1, 0.15) is 11.4 Å². The third-order valence-electron chi connectivity index (χ3n) is 3.36. The van der Waals surface area contributed by atoms with Gasteiger partial charge in [0.05, 0.1) is 0 Å². The average Bonchev–Trinajstić information content (AvgIpc) is 3.06. The Morgan fingerprint density at radius 3 is 2.57 bits per heavy atom. The topological polar surface area (TPSA) is 83.2 Å². The molecule has 0 unspecified atom stereocenters. The third-order valence-corrected chi connectivity index (χ3v) is 3.36. The molecule has 2 aromatic heterocycles. The molecule has 0 aliphatic carbocycles. The molecule has 2 heterocycles. The fraction of sp³-hybridized carbons (Fsp3) is 0.143. The van der Waals surface area contributed by atoms with Crippen LogP contribution in [0, 0.1) is 24.1 Å². The van der Waals surface area contributed by atoms with Crippen LogP contribution in [0.25, 0.3) is 22.8 Å². The van der Waals surface area contributed by atoms with Crippen molar-refractivity contribution >= 4 is 0 Å². The predicted molar refractivity (Wildman–Crippen MR) is 73.4 cm³/mol. The molecule has 3 rings (SSSR count). The van der Waals surface area contributed by atoms with Crippen molar-refractivity contribution in [3.05, 3.63) is 41.5 Å². The molecule has 1 aromatic carbocycles. The van der Waals surface area contributed by atoms with Gasteiger partial charge in [-0.1, -0.05) is 0 Å². The molecule has 0 aliphatic rings. The summed E-state index contributed by atoms with van der Waals surface area (Å²) in [5, 5.41) is 19.2. The van der Waals surface area contributed by atoms with E-state index in [0.717, 1.165) is 11.3 Å². The molecule has 1 N–H and O–H groups in total. The van der Waals surface area contributed by atoms with E-state index in [4.69, 9.17) is 5.26 Å². The van der Waals surface area contributed by atoms with E-state index >= 15 is 0 Å². The minimum atomic E-state index is -0.298. The number of aromatic amines is 1. The highest BCUT2D eigenvalue weighted by Crippen LogP contribution is 2.28. The Labute approximate surface area is 119 Å². The van der Waals surface area contributed by atoms with Crippen LogP contribution in [-0.4, -0.2) is 25.0 Å². The highest BCUT2D eigenvalue weighted by atomic mass is 19.1. The Kier molecular flexibility index (Phi) is 2.99. The molecule has 7 heteroatoms. The Balaban J connectivity index is 2.16. The summed E-state index contributed by atoms with van der Waals surface area (Å²) >= 11 is 0. The zero-order valence-corrected chi connectivity index (χ0v) is 11.4. The highest BCUT2D eigenvalue weighted by molar-refractivity contribution is 5.68. The van der Waals surface area contributed by atoms with Gasteiger partial charge in [0.1, 0.15) is 23.4 Å². The quantitative estimate of drug-likeness (QED) is 0.781. The molecule has 104 valence electrons. The number of hydrogen-bond acceptors (Lipinski definition) is 4. The van der Waals surface area contributed by atoms with Crippen molar-refractivity contribution in [2.75, 3.05) is 0 Å². The molecule has 0 atom stereocenters. The minimum absolute atomic E-state index is 0.196. The van der Waals surface area contributed by atoms with Gasteiger partial charge in [-0.2, -0.15) is 15.6 Å². The van der Waals surface area contributed by atoms with Crippen LogP contribution < -0.4 is 0 Å². The van der Waals surface area contributed by atoms with Crippen molar-refractivity contribution in [1.29, 1.82) is 5.26 Å². The fourth-order valence-electron chi connectivity index (χ4n) is 2.13. The van der Waals surface area contributed by atoms with Crippen molar-refractivity contribution in [3.63, 3.8) is 0 Å². The zero-order chi connectivity index (χ0) is 15.0. The van der Waals surface area contributed by atoms with Crippen LogP contribution in [0.3, 0.4) is 0 Å². The van der Waals surface area contributed by atoms with E-state index in [-0.39, 0.29) is 11.5 Å². The molecule has 0 radical (unpaired) electrons. The number of hydrogen-bond donors (Lipinski definition) is 1. The van der Waals surface area contributed by atoms with Crippen LogP contribution in [0.15, 0.2) is 24.3 Å². The number of nitriles is 1. The molecule has 0 amide bonds. The first-order valence-electron chi connectivity index (χ1n) is 6.22. The Morgan fingerprint density at radius 2 is 1.90 bits per heavy atom. The predicted octanol–water partition coefficient (Wildman–Crippen LogP) is 2.19. The van der Waals surface area contributed by atoms with E-state index in [2.05, 4.69) is 20.4 Å². The number of benzene rings is 1. The molecule has 6 nitrogen and oxygen atoms in total. The van der Waals surface area contributed by atoms with E-state index in [0.29, 0.717) is 17.2 Å². The van der Waals surface area contributed by atoms with E-state index in [1.54, 1.807) is 12.1 Å². The van der Waals surface area contributed by atoms with Gasteiger partial charge in [0.15, 0.2) is 11.4 Å². The van der Waals surface area contributed by atoms with E-state index < -0.39 is 0 Å². The maximum Gasteiger partial charge on any atom is 0.192 e. The summed E-state index contributed by atoms with van der Waals surface area (Å²) in [5.41, 5.74) is 2.83. The Morgan fingerprint density at radius 1 is 1.19 bits per heavy atom. The minimum Gasteiger partial charge on any atom is -0.331 e. The average molecular weight is 282 g/mol. The zero-order valence-electron chi connectivity index (χ0n) is 11.4. The van der Waals surface area contributed by atoms with Gasteiger partial charge in [0.2, 0.25) is 0 Å². The lowest BCUT2D eigenvalue weighted by Crippen LogP contribution is -1.95. The molecule has 0 saturated heterocycles. The van der Waals surface area contributed by atoms with Gasteiger partial charge in [-0.25, -0.2) is 9.37 Å². The molecule has 3 aromatic rings. The smallest absolute Gasteiger partial charge is 0.192 e. The lowest BCUT2D eigenvalue weighted by molar-refractivity contribution is 0.628. The highest BCUT2D eigenvalue weighted by Gasteiger charge is 2.19. The van der Waals surface area contributed by atoms with Crippen molar-refractivity contribution < 1.29 is 4.39 Å². The van der Waals surface area contributed by atoms with Crippen LogP contribution in [0.2, 0.25) is 0 Å². The lowest BCUT2D eigenvalue weighted by Gasteiger charge is -2.02. The fourth-order valence-corrected chi connectivity index (χ4v) is 2.13. The second-order valence-electron chi connectivity index (χ2n) is 4.57. The van der Waals surface area contributed by atoms with Gasteiger partial charge in [0.25, 0.3) is 0 Å². The summed E-state index contributed by atoms with van der Waals surface area (Å²) in [5.74, 6) is 0.377. The normalized spacial score (nSPS) is 10.6. The summed E-state index contributed by atoms with van der Waals surface area (Å²) < 4.78 is 14.9. The molecule has 0 fully saturated rings. The number of rotatable bonds is 2. The number of imidazole rings is 1. The van der Waals surface area contributed by atoms with Gasteiger partial charge in [-0.05, 0) is 31.2 Å². The first-order valence-corrected chi connectivity index (χ1v) is 6.22. The monoisotopic (exact) mass is 282 g/mol. The summed E-state index contributed by atoms with van der Waals surface area (Å²) in [4.78, 5) is 4.53. The van der Waals surface area contributed by atoms with Crippen molar-refractivity contribution in [1.82, 2.24) is 25.0 Å². The number of aromatic nitrogens is 5. The molecule has 0 aliphatic heterocycles. The summed E-state index contributed by atoms with van der Waals surface area (Å²) in [6.45, 7) is 1.88. The maximum absolute atomic E-state index is 13.0. The number of halogens is 1. The summed E-state index contributed by atoms with van der Waals surface area (Å²) in [7, 11) is 1.86. The van der Waals surface area contributed by atoms with Crippen molar-refractivity contribution in [3.8, 4) is 28.8 Å². The Hall–Kier alpha value is -3.01. The second-order valence-corrected chi connectivity index (χ2v) is 4.57. The van der Waals surface area contributed by atoms with E-state index in [1.807, 2.05) is 24.6 Å². The van der Waals surface area contributed by atoms with E-state index in [1.165, 1.54) is 12.1 Å². The summed E-state index contributed by atoms with van der Waals surface area (Å²) in [6, 6.07) is 8.07. The van der Waals surface area contributed by atoms with E-state index in [9.17, 15) is 4.39 Å². The van der Waals surface area contributed by atoms with Crippen LogP contribution in [0.4, 0.5) is 4.39 Å². The standard InChI is InChI=1S/C14H11FN6/c1-8-12(13-11(7-16)18-20-19-13)17-14(21(8)2)9-3-5-10(15)6-4-9/h3-6H,1-2H3,(H,18,19,20). The van der Waals surface area contributed by atoms with Crippen LogP contribution >= 0.6 is 0 Å². The first kappa shape index (κ1) is 13.0. The third kappa shape index (κ3) is 2.07. The van der Waals surface area contributed by atoms with Gasteiger partial charge in [-0.15, -0.1) is 5.10 Å². The van der Waals surface area contributed by atoms with Crippen LogP contribution in [-0.2, 0) is 7.05 Å². The molecule has 0 saturated carbocycles. The molecular formula is C14H11FN6. The van der Waals surface area contributed by atoms with Gasteiger partial charge < -0.3 is 4.57 Å². The number of nitrogens with one attached hydrogen (secondary N) is 1. The number of H-pyrrole nitrogens is 1. The summed E-state index contributed by atoms with van der Waals surface area (Å²) in [6.07, 6.45) is 0. The van der Waals surface area contributed by atoms with Crippen molar-refractivity contribution in [2.24, 2.45) is 7.05 Å². The lowest BCUT2D eigenvalue weighted by atomic mass is 10.2.